The molecule has 0 heterocycles. The first-order valence-electron chi connectivity index (χ1n) is 5.27. The van der Waals surface area contributed by atoms with E-state index in [0.717, 1.165) is 0 Å². The number of rotatable bonds is 3. The maximum atomic E-state index is 12.7. The standard InChI is InChI=1S/C12H12FNO3/c1-7-6-12(7,11(16)17)10(15)14-9-4-2-8(13)3-5-9/h2-5,7H,6H2,1H3,(H,14,15)(H,16,17)/t7-,12+/m1/s1. The molecule has 0 saturated heterocycles. The highest BCUT2D eigenvalue weighted by Crippen LogP contribution is 2.53. The summed E-state index contributed by atoms with van der Waals surface area (Å²) in [6.45, 7) is 1.72. The van der Waals surface area contributed by atoms with E-state index in [1.807, 2.05) is 0 Å². The largest absolute Gasteiger partial charge is 0.480 e. The monoisotopic (exact) mass is 237 g/mol. The van der Waals surface area contributed by atoms with Crippen molar-refractivity contribution in [2.24, 2.45) is 11.3 Å². The van der Waals surface area contributed by atoms with Crippen LogP contribution in [0.2, 0.25) is 0 Å². The third-order valence-electron chi connectivity index (χ3n) is 3.20. The lowest BCUT2D eigenvalue weighted by molar-refractivity contribution is -0.148. The molecule has 0 spiro atoms. The molecule has 0 aromatic heterocycles. The molecule has 1 fully saturated rings. The zero-order valence-electron chi connectivity index (χ0n) is 9.24. The maximum absolute atomic E-state index is 12.7. The van der Waals surface area contributed by atoms with Crippen molar-refractivity contribution in [2.45, 2.75) is 13.3 Å². The van der Waals surface area contributed by atoms with Crippen molar-refractivity contribution in [3.8, 4) is 0 Å². The Labute approximate surface area is 97.4 Å². The van der Waals surface area contributed by atoms with E-state index in [9.17, 15) is 14.0 Å². The van der Waals surface area contributed by atoms with Crippen molar-refractivity contribution in [3.63, 3.8) is 0 Å². The Hall–Kier alpha value is -1.91. The molecule has 0 radical (unpaired) electrons. The van der Waals surface area contributed by atoms with Gasteiger partial charge in [0.05, 0.1) is 0 Å². The zero-order chi connectivity index (χ0) is 12.6. The lowest BCUT2D eigenvalue weighted by Gasteiger charge is -2.11. The van der Waals surface area contributed by atoms with Crippen LogP contribution in [-0.4, -0.2) is 17.0 Å². The van der Waals surface area contributed by atoms with Crippen LogP contribution in [0.4, 0.5) is 10.1 Å². The number of aliphatic carboxylic acids is 1. The number of anilines is 1. The van der Waals surface area contributed by atoms with Gasteiger partial charge < -0.3 is 10.4 Å². The van der Waals surface area contributed by atoms with Crippen LogP contribution in [0, 0.1) is 17.2 Å². The van der Waals surface area contributed by atoms with Crippen LogP contribution in [0.15, 0.2) is 24.3 Å². The molecule has 17 heavy (non-hydrogen) atoms. The van der Waals surface area contributed by atoms with Gasteiger partial charge in [0.2, 0.25) is 5.91 Å². The molecule has 4 nitrogen and oxygen atoms in total. The van der Waals surface area contributed by atoms with Crippen molar-refractivity contribution in [3.05, 3.63) is 30.1 Å². The lowest BCUT2D eigenvalue weighted by atomic mass is 10.0. The van der Waals surface area contributed by atoms with Crippen LogP contribution in [0.1, 0.15) is 13.3 Å². The minimum absolute atomic E-state index is 0.166. The van der Waals surface area contributed by atoms with E-state index in [1.165, 1.54) is 24.3 Å². The molecule has 1 aromatic carbocycles. The van der Waals surface area contributed by atoms with Crippen molar-refractivity contribution in [1.82, 2.24) is 0 Å². The average molecular weight is 237 g/mol. The second-order valence-electron chi connectivity index (χ2n) is 4.34. The highest BCUT2D eigenvalue weighted by atomic mass is 19.1. The average Bonchev–Trinajstić information content (AvgIpc) is 2.95. The molecule has 2 rings (SSSR count). The number of benzene rings is 1. The van der Waals surface area contributed by atoms with E-state index < -0.39 is 23.1 Å². The first kappa shape index (κ1) is 11.6. The lowest BCUT2D eigenvalue weighted by Crippen LogP contribution is -2.32. The molecular formula is C12H12FNO3. The van der Waals surface area contributed by atoms with Crippen molar-refractivity contribution >= 4 is 17.6 Å². The van der Waals surface area contributed by atoms with Gasteiger partial charge >= 0.3 is 5.97 Å². The Balaban J connectivity index is 2.12. The number of halogens is 1. The molecule has 1 saturated carbocycles. The molecule has 2 atom stereocenters. The first-order valence-corrected chi connectivity index (χ1v) is 5.27. The molecule has 0 unspecified atom stereocenters. The smallest absolute Gasteiger partial charge is 0.319 e. The number of hydrogen-bond acceptors (Lipinski definition) is 2. The van der Waals surface area contributed by atoms with Crippen LogP contribution in [0.3, 0.4) is 0 Å². The second-order valence-corrected chi connectivity index (χ2v) is 4.34. The molecule has 1 aliphatic rings. The van der Waals surface area contributed by atoms with Crippen molar-refractivity contribution < 1.29 is 19.1 Å². The predicted molar refractivity (Wildman–Crippen MR) is 58.9 cm³/mol. The van der Waals surface area contributed by atoms with Gasteiger partial charge in [-0.3, -0.25) is 9.59 Å². The number of carboxylic acids is 1. The number of carboxylic acid groups (broad SMARTS) is 1. The molecule has 1 aromatic rings. The quantitative estimate of drug-likeness (QED) is 0.789. The third kappa shape index (κ3) is 1.88. The molecule has 1 amide bonds. The normalized spacial score (nSPS) is 26.4. The topological polar surface area (TPSA) is 66.4 Å². The summed E-state index contributed by atoms with van der Waals surface area (Å²) in [5, 5.41) is 11.5. The Morgan fingerprint density at radius 3 is 2.35 bits per heavy atom. The van der Waals surface area contributed by atoms with Gasteiger partial charge in [0.15, 0.2) is 0 Å². The Kier molecular flexibility index (Phi) is 2.61. The summed E-state index contributed by atoms with van der Waals surface area (Å²) in [7, 11) is 0. The van der Waals surface area contributed by atoms with E-state index in [0.29, 0.717) is 12.1 Å². The fourth-order valence-electron chi connectivity index (χ4n) is 1.91. The van der Waals surface area contributed by atoms with Gasteiger partial charge in [-0.15, -0.1) is 0 Å². The van der Waals surface area contributed by atoms with E-state index in [4.69, 9.17) is 5.11 Å². The van der Waals surface area contributed by atoms with Gasteiger partial charge in [0, 0.05) is 5.69 Å². The van der Waals surface area contributed by atoms with Crippen molar-refractivity contribution in [2.75, 3.05) is 5.32 Å². The van der Waals surface area contributed by atoms with Crippen LogP contribution in [-0.2, 0) is 9.59 Å². The number of amides is 1. The molecule has 0 aliphatic heterocycles. The van der Waals surface area contributed by atoms with Gasteiger partial charge in [-0.1, -0.05) is 6.92 Å². The van der Waals surface area contributed by atoms with Crippen LogP contribution in [0.25, 0.3) is 0 Å². The maximum Gasteiger partial charge on any atom is 0.319 e. The number of carbonyl (C=O) groups excluding carboxylic acids is 1. The van der Waals surface area contributed by atoms with E-state index in [2.05, 4.69) is 5.32 Å². The summed E-state index contributed by atoms with van der Waals surface area (Å²) in [5.74, 6) is -2.22. The fourth-order valence-corrected chi connectivity index (χ4v) is 1.91. The second kappa shape index (κ2) is 3.84. The minimum atomic E-state index is -1.31. The van der Waals surface area contributed by atoms with Crippen LogP contribution >= 0.6 is 0 Å². The Bertz CT molecular complexity index is 471. The molecule has 2 N–H and O–H groups in total. The summed E-state index contributed by atoms with van der Waals surface area (Å²) < 4.78 is 12.7. The number of hydrogen-bond donors (Lipinski definition) is 2. The Morgan fingerprint density at radius 1 is 1.41 bits per heavy atom. The van der Waals surface area contributed by atoms with E-state index in [1.54, 1.807) is 6.92 Å². The number of carbonyl (C=O) groups is 2. The fraction of sp³-hybridized carbons (Fsp3) is 0.333. The van der Waals surface area contributed by atoms with Gasteiger partial charge in [0.25, 0.3) is 0 Å². The van der Waals surface area contributed by atoms with Crippen LogP contribution < -0.4 is 5.32 Å². The van der Waals surface area contributed by atoms with Gasteiger partial charge in [-0.05, 0) is 36.6 Å². The summed E-state index contributed by atoms with van der Waals surface area (Å²) in [5.41, 5.74) is -0.912. The summed E-state index contributed by atoms with van der Waals surface area (Å²) in [6.07, 6.45) is 0.343. The molecule has 5 heteroatoms. The summed E-state index contributed by atoms with van der Waals surface area (Å²) in [6, 6.07) is 5.21. The number of nitrogens with one attached hydrogen (secondary N) is 1. The zero-order valence-corrected chi connectivity index (χ0v) is 9.24. The highest BCUT2D eigenvalue weighted by molar-refractivity contribution is 6.11. The van der Waals surface area contributed by atoms with Crippen molar-refractivity contribution in [1.29, 1.82) is 0 Å². The molecule has 90 valence electrons. The van der Waals surface area contributed by atoms with Gasteiger partial charge in [0.1, 0.15) is 11.2 Å². The Morgan fingerprint density at radius 2 is 1.94 bits per heavy atom. The highest BCUT2D eigenvalue weighted by Gasteiger charge is 2.63. The van der Waals surface area contributed by atoms with E-state index in [-0.39, 0.29) is 5.92 Å². The SMILES string of the molecule is C[C@@H]1C[C@@]1(C(=O)O)C(=O)Nc1ccc(F)cc1. The van der Waals surface area contributed by atoms with Gasteiger partial charge in [-0.25, -0.2) is 4.39 Å². The van der Waals surface area contributed by atoms with E-state index >= 15 is 0 Å². The molecular weight excluding hydrogens is 225 g/mol. The van der Waals surface area contributed by atoms with Gasteiger partial charge in [-0.2, -0.15) is 0 Å². The predicted octanol–water partition coefficient (Wildman–Crippen LogP) is 1.88. The molecule has 1 aliphatic carbocycles. The minimum Gasteiger partial charge on any atom is -0.480 e. The molecule has 0 bridgehead atoms. The third-order valence-corrected chi connectivity index (χ3v) is 3.20. The first-order chi connectivity index (χ1) is 7.96. The summed E-state index contributed by atoms with van der Waals surface area (Å²) in [4.78, 5) is 22.9. The summed E-state index contributed by atoms with van der Waals surface area (Å²) >= 11 is 0. The van der Waals surface area contributed by atoms with Crippen LogP contribution in [0.5, 0.6) is 0 Å².